The first-order chi connectivity index (χ1) is 13.8. The van der Waals surface area contributed by atoms with Gasteiger partial charge in [-0.1, -0.05) is 23.9 Å². The number of Topliss-reactive ketones (excluding diaryl/α,β-unsaturated/α-hetero) is 1. The molecule has 0 aliphatic heterocycles. The number of nitrogens with zero attached hydrogens (tertiary/aromatic N) is 3. The molecular formula is C18H15F3N4O3S. The van der Waals surface area contributed by atoms with Gasteiger partial charge in [0, 0.05) is 18.5 Å². The molecule has 7 nitrogen and oxygen atoms in total. The summed E-state index contributed by atoms with van der Waals surface area (Å²) in [6, 6.07) is 7.55. The van der Waals surface area contributed by atoms with E-state index in [2.05, 4.69) is 10.2 Å². The molecule has 29 heavy (non-hydrogen) atoms. The zero-order valence-corrected chi connectivity index (χ0v) is 15.7. The summed E-state index contributed by atoms with van der Waals surface area (Å²) >= 11 is 0.998. The summed E-state index contributed by atoms with van der Waals surface area (Å²) in [6.07, 6.45) is -3.07. The van der Waals surface area contributed by atoms with E-state index in [1.807, 2.05) is 0 Å². The van der Waals surface area contributed by atoms with Crippen LogP contribution >= 0.6 is 11.8 Å². The first kappa shape index (κ1) is 20.6. The van der Waals surface area contributed by atoms with Crippen molar-refractivity contribution in [2.45, 2.75) is 24.3 Å². The number of carbonyl (C=O) groups excluding carboxylic acids is 2. The largest absolute Gasteiger partial charge is 0.461 e. The van der Waals surface area contributed by atoms with Crippen LogP contribution < -0.4 is 5.73 Å². The molecule has 0 unspecified atom stereocenters. The van der Waals surface area contributed by atoms with Crippen molar-refractivity contribution in [1.29, 1.82) is 0 Å². The number of alkyl halides is 3. The normalized spacial score (nSPS) is 11.6. The van der Waals surface area contributed by atoms with E-state index in [9.17, 15) is 22.8 Å². The molecule has 3 rings (SSSR count). The monoisotopic (exact) mass is 424 g/mol. The molecule has 2 heterocycles. The standard InChI is InChI=1S/C18H15F3N4O3S/c19-18(20,21)12-4-1-3-11(9-12)13(26)10-29-17-24-23-16(14-5-2-8-28-14)25(17)7-6-15(22)27/h1-5,8-9H,6-7,10H2,(H2,22,27). The van der Waals surface area contributed by atoms with Gasteiger partial charge in [-0.2, -0.15) is 13.2 Å². The van der Waals surface area contributed by atoms with E-state index in [0.29, 0.717) is 16.7 Å². The second-order valence-corrected chi connectivity index (χ2v) is 6.88. The van der Waals surface area contributed by atoms with Gasteiger partial charge in [-0.25, -0.2) is 0 Å². The van der Waals surface area contributed by atoms with Crippen LogP contribution in [0.15, 0.2) is 52.2 Å². The molecule has 0 fully saturated rings. The molecule has 0 saturated carbocycles. The number of thioether (sulfide) groups is 1. The zero-order valence-electron chi connectivity index (χ0n) is 14.8. The average molecular weight is 424 g/mol. The Balaban J connectivity index is 1.78. The van der Waals surface area contributed by atoms with Crippen LogP contribution in [-0.2, 0) is 17.5 Å². The first-order valence-electron chi connectivity index (χ1n) is 8.34. The van der Waals surface area contributed by atoms with Crippen molar-refractivity contribution in [1.82, 2.24) is 14.8 Å². The van der Waals surface area contributed by atoms with Crippen molar-refractivity contribution in [3.05, 3.63) is 53.8 Å². The van der Waals surface area contributed by atoms with E-state index < -0.39 is 23.4 Å². The van der Waals surface area contributed by atoms with Gasteiger partial charge in [0.25, 0.3) is 0 Å². The minimum absolute atomic E-state index is 0.0148. The number of hydrogen-bond donors (Lipinski definition) is 1. The Kier molecular flexibility index (Phi) is 6.06. The summed E-state index contributed by atoms with van der Waals surface area (Å²) in [5, 5.41) is 8.34. The number of amides is 1. The van der Waals surface area contributed by atoms with Crippen molar-refractivity contribution in [3.63, 3.8) is 0 Å². The third-order valence-corrected chi connectivity index (χ3v) is 4.85. The topological polar surface area (TPSA) is 104 Å². The molecule has 1 aromatic carbocycles. The number of aromatic nitrogens is 3. The second-order valence-electron chi connectivity index (χ2n) is 5.94. The maximum atomic E-state index is 12.8. The summed E-state index contributed by atoms with van der Waals surface area (Å²) in [5.41, 5.74) is 4.26. The van der Waals surface area contributed by atoms with Crippen molar-refractivity contribution in [3.8, 4) is 11.6 Å². The summed E-state index contributed by atoms with van der Waals surface area (Å²) in [6.45, 7) is 0.165. The summed E-state index contributed by atoms with van der Waals surface area (Å²) in [4.78, 5) is 23.5. The van der Waals surface area contributed by atoms with Crippen LogP contribution in [0, 0.1) is 0 Å². The predicted molar refractivity (Wildman–Crippen MR) is 98.0 cm³/mol. The Morgan fingerprint density at radius 1 is 1.17 bits per heavy atom. The van der Waals surface area contributed by atoms with Crippen LogP contribution in [0.5, 0.6) is 0 Å². The molecule has 0 spiro atoms. The Morgan fingerprint density at radius 2 is 1.97 bits per heavy atom. The molecule has 3 aromatic rings. The third kappa shape index (κ3) is 5.05. The molecule has 0 aliphatic carbocycles. The number of nitrogens with two attached hydrogens (primary N) is 1. The van der Waals surface area contributed by atoms with E-state index >= 15 is 0 Å². The van der Waals surface area contributed by atoms with Gasteiger partial charge in [0.2, 0.25) is 5.91 Å². The predicted octanol–water partition coefficient (Wildman–Crippen LogP) is 3.41. The highest BCUT2D eigenvalue weighted by molar-refractivity contribution is 7.99. The van der Waals surface area contributed by atoms with Gasteiger partial charge in [0.05, 0.1) is 17.6 Å². The lowest BCUT2D eigenvalue weighted by Gasteiger charge is -2.09. The Bertz CT molecular complexity index is 1020. The molecular weight excluding hydrogens is 409 g/mol. The van der Waals surface area contributed by atoms with E-state index in [0.717, 1.165) is 23.9 Å². The zero-order chi connectivity index (χ0) is 21.0. The Hall–Kier alpha value is -3.08. The molecule has 2 aromatic heterocycles. The number of hydrogen-bond acceptors (Lipinski definition) is 6. The van der Waals surface area contributed by atoms with E-state index in [-0.39, 0.29) is 24.3 Å². The number of furan rings is 1. The number of rotatable bonds is 8. The Morgan fingerprint density at radius 3 is 2.62 bits per heavy atom. The molecule has 0 atom stereocenters. The van der Waals surface area contributed by atoms with Crippen LogP contribution in [0.25, 0.3) is 11.6 Å². The molecule has 152 valence electrons. The molecule has 0 aliphatic rings. The van der Waals surface area contributed by atoms with Crippen LogP contribution in [0.3, 0.4) is 0 Å². The fourth-order valence-electron chi connectivity index (χ4n) is 2.49. The molecule has 2 N–H and O–H groups in total. The van der Waals surface area contributed by atoms with Crippen LogP contribution in [-0.4, -0.2) is 32.2 Å². The fourth-order valence-corrected chi connectivity index (χ4v) is 3.35. The molecule has 0 bridgehead atoms. The highest BCUT2D eigenvalue weighted by Crippen LogP contribution is 2.30. The molecule has 11 heteroatoms. The fraction of sp³-hybridized carbons (Fsp3) is 0.222. The number of primary amides is 1. The second kappa shape index (κ2) is 8.52. The lowest BCUT2D eigenvalue weighted by Crippen LogP contribution is -2.15. The van der Waals surface area contributed by atoms with Crippen molar-refractivity contribution in [2.24, 2.45) is 5.73 Å². The first-order valence-corrected chi connectivity index (χ1v) is 9.33. The maximum absolute atomic E-state index is 12.8. The van der Waals surface area contributed by atoms with Gasteiger partial charge < -0.3 is 10.2 Å². The minimum Gasteiger partial charge on any atom is -0.461 e. The van der Waals surface area contributed by atoms with Crippen LogP contribution in [0.2, 0.25) is 0 Å². The van der Waals surface area contributed by atoms with E-state index in [1.54, 1.807) is 16.7 Å². The van der Waals surface area contributed by atoms with Gasteiger partial charge in [-0.15, -0.1) is 10.2 Å². The maximum Gasteiger partial charge on any atom is 0.416 e. The number of ketones is 1. The van der Waals surface area contributed by atoms with E-state index in [4.69, 9.17) is 10.2 Å². The number of carbonyl (C=O) groups is 2. The quantitative estimate of drug-likeness (QED) is 0.439. The lowest BCUT2D eigenvalue weighted by atomic mass is 10.1. The van der Waals surface area contributed by atoms with Gasteiger partial charge in [-0.3, -0.25) is 14.2 Å². The SMILES string of the molecule is NC(=O)CCn1c(SCC(=O)c2cccc(C(F)(F)F)c2)nnc1-c1ccco1. The van der Waals surface area contributed by atoms with Crippen molar-refractivity contribution < 1.29 is 27.2 Å². The highest BCUT2D eigenvalue weighted by Gasteiger charge is 2.31. The van der Waals surface area contributed by atoms with E-state index in [1.165, 1.54) is 18.4 Å². The van der Waals surface area contributed by atoms with Gasteiger partial charge in [0.1, 0.15) is 0 Å². The summed E-state index contributed by atoms with van der Waals surface area (Å²) in [7, 11) is 0. The lowest BCUT2D eigenvalue weighted by molar-refractivity contribution is -0.137. The summed E-state index contributed by atoms with van der Waals surface area (Å²) in [5.74, 6) is -0.415. The molecule has 0 radical (unpaired) electrons. The van der Waals surface area contributed by atoms with Gasteiger partial charge in [-0.05, 0) is 24.3 Å². The number of benzene rings is 1. The van der Waals surface area contributed by atoms with Gasteiger partial charge >= 0.3 is 6.18 Å². The van der Waals surface area contributed by atoms with Crippen LogP contribution in [0.4, 0.5) is 13.2 Å². The van der Waals surface area contributed by atoms with Gasteiger partial charge in [0.15, 0.2) is 22.5 Å². The average Bonchev–Trinajstić information content (AvgIpc) is 3.33. The highest BCUT2D eigenvalue weighted by atomic mass is 32.2. The van der Waals surface area contributed by atoms with Crippen molar-refractivity contribution >= 4 is 23.5 Å². The smallest absolute Gasteiger partial charge is 0.416 e. The summed E-state index contributed by atoms with van der Waals surface area (Å²) < 4.78 is 45.4. The third-order valence-electron chi connectivity index (χ3n) is 3.88. The van der Waals surface area contributed by atoms with Crippen LogP contribution in [0.1, 0.15) is 22.3 Å². The Labute approximate surface area is 167 Å². The number of halogens is 3. The molecule has 1 amide bonds. The van der Waals surface area contributed by atoms with Crippen molar-refractivity contribution in [2.75, 3.05) is 5.75 Å². The molecule has 0 saturated heterocycles. The minimum atomic E-state index is -4.53.